The maximum Gasteiger partial charge on any atom is 0.280 e. The van der Waals surface area contributed by atoms with Gasteiger partial charge in [0.05, 0.1) is 16.1 Å². The smallest absolute Gasteiger partial charge is 0.280 e. The summed E-state index contributed by atoms with van der Waals surface area (Å²) in [4.78, 5) is 19.2. The molecule has 4 heteroatoms. The van der Waals surface area contributed by atoms with E-state index in [4.69, 9.17) is 4.98 Å². The number of benzene rings is 1. The van der Waals surface area contributed by atoms with Crippen molar-refractivity contribution in [3.8, 4) is 10.4 Å². The van der Waals surface area contributed by atoms with Crippen molar-refractivity contribution >= 4 is 17.2 Å². The zero-order valence-electron chi connectivity index (χ0n) is 16.5. The quantitative estimate of drug-likeness (QED) is 0.480. The zero-order chi connectivity index (χ0) is 19.1. The van der Waals surface area contributed by atoms with E-state index in [2.05, 4.69) is 42.6 Å². The predicted molar refractivity (Wildman–Crippen MR) is 115 cm³/mol. The van der Waals surface area contributed by atoms with Gasteiger partial charge >= 0.3 is 0 Å². The van der Waals surface area contributed by atoms with Gasteiger partial charge in [0.1, 0.15) is 0 Å². The molecule has 0 radical (unpaired) electrons. The van der Waals surface area contributed by atoms with Crippen LogP contribution in [-0.4, -0.2) is 16.4 Å². The number of unbranched alkanes of at least 4 members (excludes halogenated alkanes) is 2. The summed E-state index contributed by atoms with van der Waals surface area (Å²) in [5.74, 6) is 1.49. The van der Waals surface area contributed by atoms with E-state index in [9.17, 15) is 4.79 Å². The van der Waals surface area contributed by atoms with Crippen LogP contribution >= 0.6 is 11.3 Å². The number of aromatic nitrogens is 1. The van der Waals surface area contributed by atoms with Gasteiger partial charge in [-0.05, 0) is 61.5 Å². The van der Waals surface area contributed by atoms with Crippen LogP contribution in [0.3, 0.4) is 0 Å². The molecular weight excluding hydrogens is 364 g/mol. The molecule has 4 bridgehead atoms. The normalized spacial score (nSPS) is 27.2. The van der Waals surface area contributed by atoms with Gasteiger partial charge in [0.2, 0.25) is 0 Å². The van der Waals surface area contributed by atoms with Crippen LogP contribution in [0.4, 0.5) is 0 Å². The Labute approximate surface area is 171 Å². The van der Waals surface area contributed by atoms with E-state index in [0.29, 0.717) is 10.9 Å². The molecule has 3 unspecified atom stereocenters. The highest BCUT2D eigenvalue weighted by atomic mass is 32.1. The van der Waals surface area contributed by atoms with Crippen molar-refractivity contribution in [3.05, 3.63) is 52.7 Å². The highest BCUT2D eigenvalue weighted by Gasteiger charge is 2.53. The lowest BCUT2D eigenvalue weighted by Crippen LogP contribution is -2.48. The molecule has 4 aliphatic rings. The van der Waals surface area contributed by atoms with Crippen molar-refractivity contribution < 1.29 is 4.79 Å². The molecule has 2 saturated carbocycles. The summed E-state index contributed by atoms with van der Waals surface area (Å²) in [7, 11) is 0. The molecule has 3 nitrogen and oxygen atoms in total. The number of nitrogens with zero attached hydrogens (tertiary/aromatic N) is 1. The lowest BCUT2D eigenvalue weighted by atomic mass is 9.80. The highest BCUT2D eigenvalue weighted by Crippen LogP contribution is 2.56. The standard InChI is InChI=1S/C24H28N2OS/c1-2-3-5-10-20-21(18-8-6-4-7-9-18)28-23(25-20)22(27)26-24-14-16-11-17(15-24)13-19(24)12-16/h4,6-9,12,16-17H,2-3,5,10-11,13-15H2,1H3,(H,26,27). The Morgan fingerprint density at radius 3 is 2.89 bits per heavy atom. The Hall–Kier alpha value is -1.94. The molecule has 1 aromatic carbocycles. The van der Waals surface area contributed by atoms with Gasteiger partial charge in [-0.3, -0.25) is 4.79 Å². The number of carbonyl (C=O) groups excluding carboxylic acids is 1. The first kappa shape index (κ1) is 18.1. The largest absolute Gasteiger partial charge is 0.341 e. The Bertz CT molecular complexity index is 916. The van der Waals surface area contributed by atoms with Gasteiger partial charge in [0.25, 0.3) is 5.91 Å². The van der Waals surface area contributed by atoms with Crippen LogP contribution in [0.25, 0.3) is 10.4 Å². The number of aryl methyl sites for hydroxylation is 1. The van der Waals surface area contributed by atoms with E-state index in [1.165, 1.54) is 36.8 Å². The van der Waals surface area contributed by atoms with E-state index < -0.39 is 0 Å². The molecule has 146 valence electrons. The first-order chi connectivity index (χ1) is 13.7. The first-order valence-electron chi connectivity index (χ1n) is 10.8. The lowest BCUT2D eigenvalue weighted by Gasteiger charge is -2.33. The Morgan fingerprint density at radius 2 is 2.11 bits per heavy atom. The maximum atomic E-state index is 13.2. The minimum absolute atomic E-state index is 0.0259. The molecule has 0 spiro atoms. The Balaban J connectivity index is 1.40. The van der Waals surface area contributed by atoms with E-state index in [1.54, 1.807) is 11.3 Å². The molecule has 2 aromatic rings. The van der Waals surface area contributed by atoms with Gasteiger partial charge in [0.15, 0.2) is 5.01 Å². The van der Waals surface area contributed by atoms with E-state index in [-0.39, 0.29) is 11.4 Å². The minimum Gasteiger partial charge on any atom is -0.341 e. The number of rotatable bonds is 7. The highest BCUT2D eigenvalue weighted by molar-refractivity contribution is 7.17. The van der Waals surface area contributed by atoms with Crippen LogP contribution in [-0.2, 0) is 6.42 Å². The third-order valence-corrected chi connectivity index (χ3v) is 7.89. The summed E-state index contributed by atoms with van der Waals surface area (Å²) < 4.78 is 0. The number of hydrogen-bond acceptors (Lipinski definition) is 3. The zero-order valence-corrected chi connectivity index (χ0v) is 17.4. The monoisotopic (exact) mass is 392 g/mol. The molecule has 1 heterocycles. The van der Waals surface area contributed by atoms with Crippen molar-refractivity contribution in [2.45, 2.75) is 63.8 Å². The second kappa shape index (κ2) is 7.14. The topological polar surface area (TPSA) is 42.0 Å². The third-order valence-electron chi connectivity index (χ3n) is 6.74. The predicted octanol–water partition coefficient (Wildman–Crippen LogP) is 5.77. The average Bonchev–Trinajstić information content (AvgIpc) is 3.29. The van der Waals surface area contributed by atoms with Crippen molar-refractivity contribution in [2.24, 2.45) is 11.8 Å². The molecule has 1 aromatic heterocycles. The summed E-state index contributed by atoms with van der Waals surface area (Å²) in [5, 5.41) is 4.06. The SMILES string of the molecule is CCCCCc1nc(C(=O)NC23CC4C=C2CC(C4)C3)sc1-c1ccccc1. The number of thiazole rings is 1. The van der Waals surface area contributed by atoms with Crippen molar-refractivity contribution in [1.29, 1.82) is 0 Å². The maximum absolute atomic E-state index is 13.2. The number of hydrogen-bond donors (Lipinski definition) is 1. The summed E-state index contributed by atoms with van der Waals surface area (Å²) >= 11 is 1.56. The lowest BCUT2D eigenvalue weighted by molar-refractivity contribution is 0.0895. The fraction of sp³-hybridized carbons (Fsp3) is 0.500. The molecular formula is C24H28N2OS. The minimum atomic E-state index is -0.0639. The van der Waals surface area contributed by atoms with Gasteiger partial charge in [-0.1, -0.05) is 56.2 Å². The van der Waals surface area contributed by atoms with Gasteiger partial charge in [-0.2, -0.15) is 0 Å². The van der Waals surface area contributed by atoms with E-state index in [1.807, 2.05) is 6.07 Å². The van der Waals surface area contributed by atoms with Crippen LogP contribution in [0, 0.1) is 11.8 Å². The molecule has 0 aliphatic heterocycles. The molecule has 0 saturated heterocycles. The number of carbonyl (C=O) groups is 1. The molecule has 3 atom stereocenters. The molecule has 1 N–H and O–H groups in total. The molecule has 6 rings (SSSR count). The van der Waals surface area contributed by atoms with Crippen molar-refractivity contribution in [3.63, 3.8) is 0 Å². The summed E-state index contributed by atoms with van der Waals surface area (Å²) in [6, 6.07) is 10.4. The summed E-state index contributed by atoms with van der Waals surface area (Å²) in [6.07, 6.45) is 11.6. The van der Waals surface area contributed by atoms with Gasteiger partial charge in [-0.15, -0.1) is 11.3 Å². The second-order valence-corrected chi connectivity index (χ2v) is 9.82. The number of amides is 1. The van der Waals surface area contributed by atoms with Crippen LogP contribution in [0.15, 0.2) is 42.0 Å². The first-order valence-corrected chi connectivity index (χ1v) is 11.6. The van der Waals surface area contributed by atoms with E-state index in [0.717, 1.165) is 42.2 Å². The summed E-state index contributed by atoms with van der Waals surface area (Å²) in [5.41, 5.74) is 3.69. The van der Waals surface area contributed by atoms with Gasteiger partial charge in [0, 0.05) is 0 Å². The Morgan fingerprint density at radius 1 is 1.25 bits per heavy atom. The van der Waals surface area contributed by atoms with Crippen molar-refractivity contribution in [1.82, 2.24) is 10.3 Å². The van der Waals surface area contributed by atoms with Crippen LogP contribution in [0.5, 0.6) is 0 Å². The van der Waals surface area contributed by atoms with Crippen LogP contribution < -0.4 is 5.32 Å². The van der Waals surface area contributed by atoms with Crippen LogP contribution in [0.1, 0.15) is 67.4 Å². The third kappa shape index (κ3) is 3.12. The number of nitrogens with one attached hydrogen (secondary N) is 1. The summed E-state index contributed by atoms with van der Waals surface area (Å²) in [6.45, 7) is 2.22. The molecule has 4 aliphatic carbocycles. The Kier molecular flexibility index (Phi) is 4.62. The van der Waals surface area contributed by atoms with Crippen LogP contribution in [0.2, 0.25) is 0 Å². The average molecular weight is 393 g/mol. The number of allylic oxidation sites excluding steroid dienone is 1. The van der Waals surface area contributed by atoms with E-state index >= 15 is 0 Å². The second-order valence-electron chi connectivity index (χ2n) is 8.82. The van der Waals surface area contributed by atoms with Crippen molar-refractivity contribution in [2.75, 3.05) is 0 Å². The molecule has 28 heavy (non-hydrogen) atoms. The molecule has 1 amide bonds. The molecule has 2 fully saturated rings. The van der Waals surface area contributed by atoms with Gasteiger partial charge in [-0.25, -0.2) is 4.98 Å². The fourth-order valence-corrected chi connectivity index (χ4v) is 6.62. The fourth-order valence-electron chi connectivity index (χ4n) is 5.61. The van der Waals surface area contributed by atoms with Gasteiger partial charge < -0.3 is 5.32 Å².